The van der Waals surface area contributed by atoms with E-state index in [1.54, 1.807) is 6.92 Å². The van der Waals surface area contributed by atoms with Crippen molar-refractivity contribution in [1.29, 1.82) is 0 Å². The normalized spacial score (nSPS) is 18.9. The molecular formula is C33H54FN3S. The fraction of sp³-hybridized carbons (Fsp3) is 0.606. The molecule has 0 amide bonds. The van der Waals surface area contributed by atoms with Crippen LogP contribution in [0.5, 0.6) is 0 Å². The largest absolute Gasteiger partial charge is 0.371 e. The van der Waals surface area contributed by atoms with Gasteiger partial charge in [-0.05, 0) is 115 Å². The van der Waals surface area contributed by atoms with Crippen LogP contribution in [0.1, 0.15) is 89.7 Å². The Hall–Kier alpha value is -1.85. The lowest BCUT2D eigenvalue weighted by atomic mass is 9.93. The van der Waals surface area contributed by atoms with Crippen molar-refractivity contribution >= 4 is 31.1 Å². The van der Waals surface area contributed by atoms with Gasteiger partial charge >= 0.3 is 0 Å². The lowest BCUT2D eigenvalue weighted by Crippen LogP contribution is -2.34. The number of aryl methyl sites for hydroxylation is 1. The number of anilines is 1. The van der Waals surface area contributed by atoms with Crippen molar-refractivity contribution in [2.45, 2.75) is 96.4 Å². The van der Waals surface area contributed by atoms with Crippen LogP contribution in [0.4, 0.5) is 10.1 Å². The number of allylic oxidation sites excluding steroid dienone is 3. The summed E-state index contributed by atoms with van der Waals surface area (Å²) in [7, 11) is 1.87. The van der Waals surface area contributed by atoms with Gasteiger partial charge in [-0.1, -0.05) is 56.9 Å². The summed E-state index contributed by atoms with van der Waals surface area (Å²) in [5.41, 5.74) is 3.58. The Kier molecular flexibility index (Phi) is 16.6. The van der Waals surface area contributed by atoms with Crippen LogP contribution >= 0.6 is 12.6 Å². The smallest absolute Gasteiger partial charge is 0.109 e. The molecule has 1 spiro atoms. The molecule has 38 heavy (non-hydrogen) atoms. The number of halogens is 1. The van der Waals surface area contributed by atoms with Gasteiger partial charge in [0.25, 0.3) is 0 Å². The molecule has 3 fully saturated rings. The SMILES string of the molecule is C=CN=C.CC.CNCCC(C)(F)CC/C=C\C=C\c1ccc(C)cc1N1CCC2(CC1)CC2.SC1CC1. The first-order chi connectivity index (χ1) is 18.2. The molecule has 1 saturated heterocycles. The first-order valence-electron chi connectivity index (χ1n) is 14.5. The number of benzene rings is 1. The minimum Gasteiger partial charge on any atom is -0.371 e. The summed E-state index contributed by atoms with van der Waals surface area (Å²) < 4.78 is 14.3. The third-order valence-electron chi connectivity index (χ3n) is 7.24. The van der Waals surface area contributed by atoms with E-state index < -0.39 is 5.67 Å². The number of rotatable bonds is 10. The van der Waals surface area contributed by atoms with E-state index in [9.17, 15) is 4.39 Å². The predicted octanol–water partition coefficient (Wildman–Crippen LogP) is 9.00. The Morgan fingerprint density at radius 3 is 2.26 bits per heavy atom. The third-order valence-corrected chi connectivity index (χ3v) is 7.75. The second-order valence-electron chi connectivity index (χ2n) is 10.7. The van der Waals surface area contributed by atoms with E-state index in [-0.39, 0.29) is 0 Å². The molecule has 1 N–H and O–H groups in total. The van der Waals surface area contributed by atoms with E-state index >= 15 is 0 Å². The molecule has 4 rings (SSSR count). The van der Waals surface area contributed by atoms with Gasteiger partial charge in [0, 0.05) is 30.2 Å². The zero-order valence-corrected chi connectivity index (χ0v) is 25.7. The second-order valence-corrected chi connectivity index (χ2v) is 11.5. The number of thiol groups is 1. The summed E-state index contributed by atoms with van der Waals surface area (Å²) in [4.78, 5) is 5.82. The van der Waals surface area contributed by atoms with Crippen molar-refractivity contribution in [1.82, 2.24) is 5.32 Å². The van der Waals surface area contributed by atoms with Crippen LogP contribution in [-0.2, 0) is 0 Å². The summed E-state index contributed by atoms with van der Waals surface area (Å²) in [6.07, 6.45) is 20.0. The van der Waals surface area contributed by atoms with E-state index in [1.165, 1.54) is 74.6 Å². The van der Waals surface area contributed by atoms with E-state index in [2.05, 4.69) is 90.6 Å². The maximum atomic E-state index is 14.3. The Morgan fingerprint density at radius 2 is 1.76 bits per heavy atom. The van der Waals surface area contributed by atoms with Gasteiger partial charge in [0.15, 0.2) is 0 Å². The predicted molar refractivity (Wildman–Crippen MR) is 173 cm³/mol. The van der Waals surface area contributed by atoms with Gasteiger partial charge in [-0.2, -0.15) is 12.6 Å². The zero-order chi connectivity index (χ0) is 28.4. The highest BCUT2D eigenvalue weighted by Crippen LogP contribution is 2.54. The number of piperidine rings is 1. The summed E-state index contributed by atoms with van der Waals surface area (Å²) in [5.74, 6) is 0. The Labute approximate surface area is 239 Å². The standard InChI is InChI=1S/C25H37FN2.C3H5N.C3H6S.C2H6/c1-21-9-10-22(8-6-4-5-7-11-24(2,26)14-17-27-3)23(20-21)28-18-15-25(12-13-25)16-19-28;1-3-4-2;4-3-1-2-3;1-2/h4-6,8-10,20,27H,7,11-19H2,1-3H3;3H,1-2H2;3-4H,1-2H2;1-2H3/b5-4-,8-6+;;;. The van der Waals surface area contributed by atoms with Crippen molar-refractivity contribution in [2.24, 2.45) is 10.4 Å². The lowest BCUT2D eigenvalue weighted by Gasteiger charge is -2.35. The second kappa shape index (κ2) is 18.4. The van der Waals surface area contributed by atoms with E-state index in [1.807, 2.05) is 20.9 Å². The molecular weight excluding hydrogens is 489 g/mol. The van der Waals surface area contributed by atoms with Gasteiger partial charge in [0.05, 0.1) is 0 Å². The number of alkyl halides is 1. The topological polar surface area (TPSA) is 27.6 Å². The highest BCUT2D eigenvalue weighted by molar-refractivity contribution is 7.81. The van der Waals surface area contributed by atoms with Crippen LogP contribution in [0.15, 0.2) is 54.2 Å². The molecule has 3 aliphatic rings. The van der Waals surface area contributed by atoms with E-state index in [0.29, 0.717) is 18.3 Å². The molecule has 1 unspecified atom stereocenters. The van der Waals surface area contributed by atoms with Crippen LogP contribution in [-0.4, -0.2) is 44.3 Å². The molecule has 0 radical (unpaired) electrons. The number of hydrogen-bond donors (Lipinski definition) is 2. The van der Waals surface area contributed by atoms with Crippen molar-refractivity contribution in [3.05, 3.63) is 60.3 Å². The average molecular weight is 544 g/mol. The van der Waals surface area contributed by atoms with Gasteiger partial charge in [0.1, 0.15) is 5.67 Å². The van der Waals surface area contributed by atoms with Crippen LogP contribution in [0.2, 0.25) is 0 Å². The Balaban J connectivity index is 0.000000614. The maximum Gasteiger partial charge on any atom is 0.109 e. The van der Waals surface area contributed by atoms with Crippen LogP contribution < -0.4 is 10.2 Å². The molecule has 214 valence electrons. The molecule has 1 aromatic carbocycles. The average Bonchev–Trinajstić information content (AvgIpc) is 3.87. The monoisotopic (exact) mass is 543 g/mol. The Bertz CT molecular complexity index is 853. The Morgan fingerprint density at radius 1 is 1.16 bits per heavy atom. The molecule has 5 heteroatoms. The highest BCUT2D eigenvalue weighted by Gasteiger charge is 2.44. The molecule has 1 heterocycles. The molecule has 2 saturated carbocycles. The minimum atomic E-state index is -1.09. The maximum absolute atomic E-state index is 14.3. The highest BCUT2D eigenvalue weighted by atomic mass is 32.1. The van der Waals surface area contributed by atoms with Crippen LogP contribution in [0.3, 0.4) is 0 Å². The quantitative estimate of drug-likeness (QED) is 0.175. The molecule has 1 aromatic rings. The molecule has 0 bridgehead atoms. The van der Waals surface area contributed by atoms with Crippen LogP contribution in [0.25, 0.3) is 6.08 Å². The summed E-state index contributed by atoms with van der Waals surface area (Å²) in [6, 6.07) is 6.74. The fourth-order valence-corrected chi connectivity index (χ4v) is 4.42. The van der Waals surface area contributed by atoms with E-state index in [4.69, 9.17) is 0 Å². The minimum absolute atomic E-state index is 0.566. The van der Waals surface area contributed by atoms with E-state index in [0.717, 1.165) is 18.2 Å². The van der Waals surface area contributed by atoms with Crippen molar-refractivity contribution in [2.75, 3.05) is 31.6 Å². The molecule has 0 aromatic heterocycles. The van der Waals surface area contributed by atoms with Gasteiger partial charge in [-0.25, -0.2) is 4.39 Å². The first-order valence-corrected chi connectivity index (χ1v) is 15.0. The first kappa shape index (κ1) is 34.2. The number of hydrogen-bond acceptors (Lipinski definition) is 4. The molecule has 2 aliphatic carbocycles. The number of nitrogens with zero attached hydrogens (tertiary/aromatic N) is 2. The summed E-state index contributed by atoms with van der Waals surface area (Å²) >= 11 is 4.08. The van der Waals surface area contributed by atoms with Crippen molar-refractivity contribution < 1.29 is 4.39 Å². The van der Waals surface area contributed by atoms with Gasteiger partial charge in [-0.3, -0.25) is 4.99 Å². The van der Waals surface area contributed by atoms with Gasteiger partial charge in [0.2, 0.25) is 0 Å². The van der Waals surface area contributed by atoms with Crippen molar-refractivity contribution in [3.8, 4) is 0 Å². The lowest BCUT2D eigenvalue weighted by molar-refractivity contribution is 0.163. The van der Waals surface area contributed by atoms with Gasteiger partial charge < -0.3 is 10.2 Å². The van der Waals surface area contributed by atoms with Crippen molar-refractivity contribution in [3.63, 3.8) is 0 Å². The van der Waals surface area contributed by atoms with Crippen LogP contribution in [0, 0.1) is 12.3 Å². The molecule has 1 atom stereocenters. The molecule has 1 aliphatic heterocycles. The number of nitrogens with one attached hydrogen (secondary N) is 1. The zero-order valence-electron chi connectivity index (χ0n) is 24.8. The third kappa shape index (κ3) is 14.3. The number of aliphatic imine (C=N–C) groups is 1. The fourth-order valence-electron chi connectivity index (χ4n) is 4.27. The summed E-state index contributed by atoms with van der Waals surface area (Å²) in [6.45, 7) is 17.3. The summed E-state index contributed by atoms with van der Waals surface area (Å²) in [5, 5.41) is 3.80. The van der Waals surface area contributed by atoms with Gasteiger partial charge in [-0.15, -0.1) is 0 Å². The molecule has 3 nitrogen and oxygen atoms in total.